The average molecular weight is 340 g/mol. The summed E-state index contributed by atoms with van der Waals surface area (Å²) in [7, 11) is 0. The number of aryl methyl sites for hydroxylation is 1. The number of amides is 1. The fourth-order valence-corrected chi connectivity index (χ4v) is 2.84. The van der Waals surface area contributed by atoms with Crippen molar-refractivity contribution >= 4 is 11.6 Å². The van der Waals surface area contributed by atoms with E-state index < -0.39 is 6.10 Å². The number of nitrogens with zero attached hydrogens (tertiary/aromatic N) is 1. The molecule has 2 aromatic carbocycles. The van der Waals surface area contributed by atoms with Crippen molar-refractivity contribution in [2.45, 2.75) is 13.0 Å². The number of ether oxygens (including phenoxy) is 1. The van der Waals surface area contributed by atoms with Crippen LogP contribution in [0.1, 0.15) is 27.6 Å². The van der Waals surface area contributed by atoms with Crippen LogP contribution in [0.25, 0.3) is 0 Å². The van der Waals surface area contributed by atoms with E-state index in [4.69, 9.17) is 4.74 Å². The van der Waals surface area contributed by atoms with Gasteiger partial charge in [0.05, 0.1) is 19.3 Å². The van der Waals surface area contributed by atoms with Crippen molar-refractivity contribution in [3.63, 3.8) is 0 Å². The van der Waals surface area contributed by atoms with Crippen LogP contribution in [0.4, 0.5) is 5.69 Å². The summed E-state index contributed by atoms with van der Waals surface area (Å²) < 4.78 is 5.35. The standard InChI is InChI=1S/C20H24N2O3/c1-15-2-4-16(5-3-15)19(23)14-21-20(24)17-6-8-18(9-7-17)22-10-12-25-13-11-22/h2-9,19,23H,10-14H2,1H3,(H,21,24)/t19-/m0/s1. The Morgan fingerprint density at radius 1 is 1.12 bits per heavy atom. The summed E-state index contributed by atoms with van der Waals surface area (Å²) in [4.78, 5) is 14.5. The first-order valence-electron chi connectivity index (χ1n) is 8.59. The van der Waals surface area contributed by atoms with Gasteiger partial charge in [0.15, 0.2) is 0 Å². The number of carbonyl (C=O) groups excluding carboxylic acids is 1. The number of anilines is 1. The van der Waals surface area contributed by atoms with Gasteiger partial charge in [-0.15, -0.1) is 0 Å². The zero-order valence-electron chi connectivity index (χ0n) is 14.4. The van der Waals surface area contributed by atoms with Crippen LogP contribution in [0, 0.1) is 6.92 Å². The molecule has 5 nitrogen and oxygen atoms in total. The van der Waals surface area contributed by atoms with Crippen LogP contribution in [0.3, 0.4) is 0 Å². The van der Waals surface area contributed by atoms with Gasteiger partial charge in [0, 0.05) is 30.9 Å². The lowest BCUT2D eigenvalue weighted by Crippen LogP contribution is -2.36. The van der Waals surface area contributed by atoms with Crippen LogP contribution in [0.2, 0.25) is 0 Å². The molecule has 0 aromatic heterocycles. The molecule has 1 amide bonds. The number of hydrogen-bond donors (Lipinski definition) is 2. The lowest BCUT2D eigenvalue weighted by Gasteiger charge is -2.28. The molecule has 132 valence electrons. The molecule has 0 bridgehead atoms. The van der Waals surface area contributed by atoms with Gasteiger partial charge in [0.1, 0.15) is 0 Å². The Morgan fingerprint density at radius 3 is 2.40 bits per heavy atom. The van der Waals surface area contributed by atoms with Crippen molar-refractivity contribution in [1.82, 2.24) is 5.32 Å². The smallest absolute Gasteiger partial charge is 0.251 e. The monoisotopic (exact) mass is 340 g/mol. The molecule has 0 saturated carbocycles. The van der Waals surface area contributed by atoms with Crippen molar-refractivity contribution < 1.29 is 14.6 Å². The highest BCUT2D eigenvalue weighted by Gasteiger charge is 2.13. The van der Waals surface area contributed by atoms with Crippen molar-refractivity contribution in [2.24, 2.45) is 0 Å². The Labute approximate surface area is 148 Å². The van der Waals surface area contributed by atoms with E-state index in [1.54, 1.807) is 0 Å². The molecule has 0 unspecified atom stereocenters. The van der Waals surface area contributed by atoms with Crippen LogP contribution in [-0.2, 0) is 4.74 Å². The Kier molecular flexibility index (Phi) is 5.68. The summed E-state index contributed by atoms with van der Waals surface area (Å²) in [5.74, 6) is -0.181. The fourth-order valence-electron chi connectivity index (χ4n) is 2.84. The minimum absolute atomic E-state index is 0.181. The molecule has 3 rings (SSSR count). The number of morpholine rings is 1. The Hall–Kier alpha value is -2.37. The number of hydrogen-bond acceptors (Lipinski definition) is 4. The molecule has 2 aromatic rings. The number of aliphatic hydroxyl groups excluding tert-OH is 1. The van der Waals surface area contributed by atoms with Crippen LogP contribution in [-0.4, -0.2) is 43.9 Å². The topological polar surface area (TPSA) is 61.8 Å². The molecule has 1 heterocycles. The summed E-state index contributed by atoms with van der Waals surface area (Å²) >= 11 is 0. The number of nitrogens with one attached hydrogen (secondary N) is 1. The van der Waals surface area contributed by atoms with Gasteiger partial charge in [0.2, 0.25) is 0 Å². The van der Waals surface area contributed by atoms with Crippen molar-refractivity contribution in [1.29, 1.82) is 0 Å². The molecule has 1 atom stereocenters. The second kappa shape index (κ2) is 8.14. The largest absolute Gasteiger partial charge is 0.387 e. The van der Waals surface area contributed by atoms with E-state index in [-0.39, 0.29) is 12.5 Å². The molecule has 2 N–H and O–H groups in total. The minimum Gasteiger partial charge on any atom is -0.387 e. The van der Waals surface area contributed by atoms with E-state index >= 15 is 0 Å². The summed E-state index contributed by atoms with van der Waals surface area (Å²) in [5.41, 5.74) is 3.63. The lowest BCUT2D eigenvalue weighted by atomic mass is 10.1. The van der Waals surface area contributed by atoms with Gasteiger partial charge in [0.25, 0.3) is 5.91 Å². The van der Waals surface area contributed by atoms with Gasteiger partial charge in [-0.25, -0.2) is 0 Å². The summed E-state index contributed by atoms with van der Waals surface area (Å²) in [6.45, 7) is 5.40. The average Bonchev–Trinajstić information content (AvgIpc) is 2.67. The predicted molar refractivity (Wildman–Crippen MR) is 97.9 cm³/mol. The zero-order chi connectivity index (χ0) is 17.6. The third-order valence-corrected chi connectivity index (χ3v) is 4.42. The highest BCUT2D eigenvalue weighted by atomic mass is 16.5. The Balaban J connectivity index is 1.54. The van der Waals surface area contributed by atoms with Gasteiger partial charge in [-0.1, -0.05) is 29.8 Å². The van der Waals surface area contributed by atoms with E-state index in [9.17, 15) is 9.90 Å². The molecule has 0 aliphatic carbocycles. The summed E-state index contributed by atoms with van der Waals surface area (Å²) in [5, 5.41) is 13.0. The highest BCUT2D eigenvalue weighted by Crippen LogP contribution is 2.17. The lowest BCUT2D eigenvalue weighted by molar-refractivity contribution is 0.0916. The molecular formula is C20H24N2O3. The van der Waals surface area contributed by atoms with Crippen molar-refractivity contribution in [3.8, 4) is 0 Å². The zero-order valence-corrected chi connectivity index (χ0v) is 14.4. The molecular weight excluding hydrogens is 316 g/mol. The second-order valence-corrected chi connectivity index (χ2v) is 6.28. The number of carbonyl (C=O) groups is 1. The van der Waals surface area contributed by atoms with E-state index in [1.807, 2.05) is 55.5 Å². The van der Waals surface area contributed by atoms with Crippen LogP contribution < -0.4 is 10.2 Å². The molecule has 1 aliphatic heterocycles. The Morgan fingerprint density at radius 2 is 1.76 bits per heavy atom. The predicted octanol–water partition coefficient (Wildman–Crippen LogP) is 2.30. The molecule has 1 aliphatic rings. The van der Waals surface area contributed by atoms with E-state index in [0.29, 0.717) is 5.56 Å². The van der Waals surface area contributed by atoms with Crippen molar-refractivity contribution in [3.05, 3.63) is 65.2 Å². The summed E-state index contributed by atoms with van der Waals surface area (Å²) in [6, 6.07) is 15.2. The minimum atomic E-state index is -0.711. The molecule has 1 saturated heterocycles. The molecule has 0 radical (unpaired) electrons. The first-order chi connectivity index (χ1) is 12.1. The SMILES string of the molecule is Cc1ccc([C@@H](O)CNC(=O)c2ccc(N3CCOCC3)cc2)cc1. The van der Waals surface area contributed by atoms with E-state index in [0.717, 1.165) is 43.1 Å². The van der Waals surface area contributed by atoms with E-state index in [2.05, 4.69) is 10.2 Å². The first kappa shape index (κ1) is 17.5. The number of benzene rings is 2. The van der Waals surface area contributed by atoms with Gasteiger partial charge in [-0.3, -0.25) is 4.79 Å². The van der Waals surface area contributed by atoms with Gasteiger partial charge in [-0.05, 0) is 36.8 Å². The normalized spacial score (nSPS) is 15.7. The maximum atomic E-state index is 12.3. The number of aliphatic hydroxyl groups is 1. The quantitative estimate of drug-likeness (QED) is 0.877. The summed E-state index contributed by atoms with van der Waals surface area (Å²) in [6.07, 6.45) is -0.711. The molecule has 1 fully saturated rings. The van der Waals surface area contributed by atoms with E-state index in [1.165, 1.54) is 0 Å². The van der Waals surface area contributed by atoms with Gasteiger partial charge < -0.3 is 20.1 Å². The third kappa shape index (κ3) is 4.59. The number of rotatable bonds is 5. The maximum absolute atomic E-state index is 12.3. The van der Waals surface area contributed by atoms with Crippen molar-refractivity contribution in [2.75, 3.05) is 37.7 Å². The van der Waals surface area contributed by atoms with Crippen LogP contribution >= 0.6 is 0 Å². The van der Waals surface area contributed by atoms with Crippen LogP contribution in [0.15, 0.2) is 48.5 Å². The fraction of sp³-hybridized carbons (Fsp3) is 0.350. The van der Waals surface area contributed by atoms with Gasteiger partial charge >= 0.3 is 0 Å². The molecule has 25 heavy (non-hydrogen) atoms. The van der Waals surface area contributed by atoms with Gasteiger partial charge in [-0.2, -0.15) is 0 Å². The Bertz CT molecular complexity index is 692. The van der Waals surface area contributed by atoms with Crippen LogP contribution in [0.5, 0.6) is 0 Å². The second-order valence-electron chi connectivity index (χ2n) is 6.28. The molecule has 0 spiro atoms. The molecule has 5 heteroatoms. The first-order valence-corrected chi connectivity index (χ1v) is 8.59. The highest BCUT2D eigenvalue weighted by molar-refractivity contribution is 5.94. The third-order valence-electron chi connectivity index (χ3n) is 4.42. The maximum Gasteiger partial charge on any atom is 0.251 e.